The molecule has 0 aliphatic carbocycles. The molecule has 2 aromatic rings. The van der Waals surface area contributed by atoms with Crippen LogP contribution in [0.1, 0.15) is 17.5 Å². The fourth-order valence-corrected chi connectivity index (χ4v) is 1.41. The van der Waals surface area contributed by atoms with E-state index in [1.54, 1.807) is 19.1 Å². The Morgan fingerprint density at radius 1 is 1.44 bits per heavy atom. The number of fused-ring (bicyclic) bond motifs is 1. The highest BCUT2D eigenvalue weighted by Gasteiger charge is 2.18. The van der Waals surface area contributed by atoms with Gasteiger partial charge in [-0.1, -0.05) is 12.1 Å². The molecule has 2 N–H and O–H groups in total. The Labute approximate surface area is 98.8 Å². The largest absolute Gasteiger partial charge is 0.460 e. The average Bonchev–Trinajstić information content (AvgIpc) is 2.57. The van der Waals surface area contributed by atoms with Gasteiger partial charge in [-0.15, -0.1) is 12.4 Å². The van der Waals surface area contributed by atoms with Crippen LogP contribution in [0.4, 0.5) is 5.69 Å². The van der Waals surface area contributed by atoms with Gasteiger partial charge in [0.05, 0.1) is 12.3 Å². The Balaban J connectivity index is 0.00000128. The molecule has 86 valence electrons. The van der Waals surface area contributed by atoms with Crippen LogP contribution in [0.5, 0.6) is 0 Å². The molecule has 1 heterocycles. The standard InChI is InChI=1S/C11H11NO3.ClH/c1-2-14-11(13)10-9(12)7-5-3-4-6-8(7)15-10;/h3-6H,2,12H2,1H3;1H. The smallest absolute Gasteiger partial charge is 0.376 e. The van der Waals surface area contributed by atoms with Crippen LogP contribution in [-0.2, 0) is 4.74 Å². The van der Waals surface area contributed by atoms with Crippen LogP contribution in [0, 0.1) is 0 Å². The van der Waals surface area contributed by atoms with Crippen molar-refractivity contribution in [1.82, 2.24) is 0 Å². The van der Waals surface area contributed by atoms with Crippen LogP contribution < -0.4 is 5.73 Å². The average molecular weight is 242 g/mol. The SMILES string of the molecule is CCOC(=O)c1oc2ccccc2c1N.Cl. The summed E-state index contributed by atoms with van der Waals surface area (Å²) >= 11 is 0. The second-order valence-corrected chi connectivity index (χ2v) is 3.06. The van der Waals surface area contributed by atoms with Gasteiger partial charge >= 0.3 is 5.97 Å². The third-order valence-electron chi connectivity index (χ3n) is 2.09. The molecule has 0 spiro atoms. The second kappa shape index (κ2) is 4.90. The molecular weight excluding hydrogens is 230 g/mol. The summed E-state index contributed by atoms with van der Waals surface area (Å²) in [6, 6.07) is 7.22. The molecule has 16 heavy (non-hydrogen) atoms. The molecule has 1 aromatic heterocycles. The molecule has 5 heteroatoms. The van der Waals surface area contributed by atoms with Crippen molar-refractivity contribution in [3.8, 4) is 0 Å². The van der Waals surface area contributed by atoms with Crippen LogP contribution in [-0.4, -0.2) is 12.6 Å². The van der Waals surface area contributed by atoms with E-state index in [1.165, 1.54) is 0 Å². The van der Waals surface area contributed by atoms with Crippen molar-refractivity contribution in [3.05, 3.63) is 30.0 Å². The topological polar surface area (TPSA) is 65.5 Å². The number of ether oxygens (including phenoxy) is 1. The van der Waals surface area contributed by atoms with Gasteiger partial charge in [0.1, 0.15) is 5.58 Å². The summed E-state index contributed by atoms with van der Waals surface area (Å²) < 4.78 is 10.1. The maximum absolute atomic E-state index is 11.4. The summed E-state index contributed by atoms with van der Waals surface area (Å²) in [6.45, 7) is 2.03. The normalized spacial score (nSPS) is 9.81. The van der Waals surface area contributed by atoms with E-state index in [2.05, 4.69) is 0 Å². The van der Waals surface area contributed by atoms with Gasteiger partial charge in [0.2, 0.25) is 5.76 Å². The molecule has 2 rings (SSSR count). The third-order valence-corrected chi connectivity index (χ3v) is 2.09. The van der Waals surface area contributed by atoms with Gasteiger partial charge < -0.3 is 14.9 Å². The zero-order chi connectivity index (χ0) is 10.8. The summed E-state index contributed by atoms with van der Waals surface area (Å²) in [5, 5.41) is 0.737. The van der Waals surface area contributed by atoms with Crippen molar-refractivity contribution in [3.63, 3.8) is 0 Å². The van der Waals surface area contributed by atoms with Crippen LogP contribution in [0.2, 0.25) is 0 Å². The number of hydrogen-bond acceptors (Lipinski definition) is 4. The van der Waals surface area contributed by atoms with E-state index in [1.807, 2.05) is 12.1 Å². The molecule has 0 bridgehead atoms. The molecular formula is C11H12ClNO3. The zero-order valence-electron chi connectivity index (χ0n) is 8.73. The number of carbonyl (C=O) groups excluding carboxylic acids is 1. The van der Waals surface area contributed by atoms with E-state index in [4.69, 9.17) is 14.9 Å². The Morgan fingerprint density at radius 2 is 2.12 bits per heavy atom. The minimum absolute atomic E-state index is 0. The number of carbonyl (C=O) groups is 1. The van der Waals surface area contributed by atoms with Crippen molar-refractivity contribution in [2.24, 2.45) is 0 Å². The lowest BCUT2D eigenvalue weighted by atomic mass is 10.2. The Hall–Kier alpha value is -1.68. The number of para-hydroxylation sites is 1. The highest BCUT2D eigenvalue weighted by atomic mass is 35.5. The summed E-state index contributed by atoms with van der Waals surface area (Å²) in [5.74, 6) is -0.441. The van der Waals surface area contributed by atoms with Crippen molar-refractivity contribution >= 4 is 35.0 Å². The van der Waals surface area contributed by atoms with Gasteiger partial charge in [-0.05, 0) is 19.1 Å². The number of halogens is 1. The fourth-order valence-electron chi connectivity index (χ4n) is 1.41. The predicted octanol–water partition coefficient (Wildman–Crippen LogP) is 2.61. The molecule has 0 aliphatic heterocycles. The number of rotatable bonds is 2. The summed E-state index contributed by atoms with van der Waals surface area (Å²) in [5.41, 5.74) is 6.71. The first-order valence-electron chi connectivity index (χ1n) is 4.68. The first kappa shape index (κ1) is 12.4. The summed E-state index contributed by atoms with van der Waals surface area (Å²) in [6.07, 6.45) is 0. The number of hydrogen-bond donors (Lipinski definition) is 1. The molecule has 1 aromatic carbocycles. The monoisotopic (exact) mass is 241 g/mol. The van der Waals surface area contributed by atoms with Crippen molar-refractivity contribution in [1.29, 1.82) is 0 Å². The minimum Gasteiger partial charge on any atom is -0.460 e. The lowest BCUT2D eigenvalue weighted by molar-refractivity contribution is 0.0494. The van der Waals surface area contributed by atoms with Crippen molar-refractivity contribution < 1.29 is 13.9 Å². The van der Waals surface area contributed by atoms with E-state index < -0.39 is 5.97 Å². The second-order valence-electron chi connectivity index (χ2n) is 3.06. The maximum Gasteiger partial charge on any atom is 0.376 e. The predicted molar refractivity (Wildman–Crippen MR) is 63.8 cm³/mol. The van der Waals surface area contributed by atoms with E-state index >= 15 is 0 Å². The van der Waals surface area contributed by atoms with Gasteiger partial charge in [0.15, 0.2) is 0 Å². The molecule has 0 radical (unpaired) electrons. The molecule has 4 nitrogen and oxygen atoms in total. The first-order valence-corrected chi connectivity index (χ1v) is 4.68. The van der Waals surface area contributed by atoms with Gasteiger partial charge in [0.25, 0.3) is 0 Å². The van der Waals surface area contributed by atoms with E-state index in [0.29, 0.717) is 17.9 Å². The molecule has 0 amide bonds. The molecule has 0 saturated carbocycles. The quantitative estimate of drug-likeness (QED) is 0.821. The van der Waals surface area contributed by atoms with Crippen LogP contribution in [0.25, 0.3) is 11.0 Å². The lowest BCUT2D eigenvalue weighted by Gasteiger charge is -1.97. The number of anilines is 1. The number of esters is 1. The maximum atomic E-state index is 11.4. The van der Waals surface area contributed by atoms with Gasteiger partial charge in [-0.2, -0.15) is 0 Å². The molecule has 0 unspecified atom stereocenters. The lowest BCUT2D eigenvalue weighted by Crippen LogP contribution is -2.05. The molecule has 0 aliphatic rings. The molecule has 0 atom stereocenters. The van der Waals surface area contributed by atoms with Gasteiger partial charge in [-0.25, -0.2) is 4.79 Å². The third kappa shape index (κ3) is 1.97. The Kier molecular flexibility index (Phi) is 3.79. The molecule has 0 fully saturated rings. The summed E-state index contributed by atoms with van der Waals surface area (Å²) in [4.78, 5) is 11.4. The fraction of sp³-hybridized carbons (Fsp3) is 0.182. The van der Waals surface area contributed by atoms with Gasteiger partial charge in [0, 0.05) is 5.39 Å². The number of nitrogen functional groups attached to an aromatic ring is 1. The van der Waals surface area contributed by atoms with Crippen molar-refractivity contribution in [2.45, 2.75) is 6.92 Å². The Morgan fingerprint density at radius 3 is 2.75 bits per heavy atom. The Bertz CT molecular complexity index is 507. The van der Waals surface area contributed by atoms with Gasteiger partial charge in [-0.3, -0.25) is 0 Å². The van der Waals surface area contributed by atoms with E-state index in [9.17, 15) is 4.79 Å². The molecule has 0 saturated heterocycles. The highest BCUT2D eigenvalue weighted by molar-refractivity contribution is 6.03. The summed E-state index contributed by atoms with van der Waals surface area (Å²) in [7, 11) is 0. The van der Waals surface area contributed by atoms with Crippen molar-refractivity contribution in [2.75, 3.05) is 12.3 Å². The first-order chi connectivity index (χ1) is 7.24. The van der Waals surface area contributed by atoms with Crippen LogP contribution in [0.15, 0.2) is 28.7 Å². The van der Waals surface area contributed by atoms with Crippen LogP contribution >= 0.6 is 12.4 Å². The van der Waals surface area contributed by atoms with E-state index in [0.717, 1.165) is 5.39 Å². The zero-order valence-corrected chi connectivity index (χ0v) is 9.54. The number of nitrogens with two attached hydrogens (primary N) is 1. The highest BCUT2D eigenvalue weighted by Crippen LogP contribution is 2.28. The number of benzene rings is 1. The van der Waals surface area contributed by atoms with E-state index in [-0.39, 0.29) is 18.2 Å². The van der Waals surface area contributed by atoms with Crippen LogP contribution in [0.3, 0.4) is 0 Å². The number of furan rings is 1. The minimum atomic E-state index is -0.522.